The van der Waals surface area contributed by atoms with Crippen molar-refractivity contribution in [3.63, 3.8) is 0 Å². The third-order valence-corrected chi connectivity index (χ3v) is 3.50. The number of anilines is 2. The van der Waals surface area contributed by atoms with Gasteiger partial charge in [-0.1, -0.05) is 15.9 Å². The highest BCUT2D eigenvalue weighted by Crippen LogP contribution is 2.18. The lowest BCUT2D eigenvalue weighted by Gasteiger charge is -2.15. The van der Waals surface area contributed by atoms with Crippen LogP contribution >= 0.6 is 15.9 Å². The standard InChI is InChI=1S/C17H17BrN2O3/c1-11(23-16-9-3-13(18)4-10-16)17(22)20-15-7-5-14(6-8-15)19-12(2)21/h3-11H,1-2H3,(H,19,21)(H,20,22)/t11-/m0/s1. The van der Waals surface area contributed by atoms with Gasteiger partial charge in [-0.25, -0.2) is 0 Å². The first-order chi connectivity index (χ1) is 10.9. The van der Waals surface area contributed by atoms with Crippen molar-refractivity contribution in [1.82, 2.24) is 0 Å². The minimum atomic E-state index is -0.633. The van der Waals surface area contributed by atoms with Gasteiger partial charge < -0.3 is 15.4 Å². The predicted octanol–water partition coefficient (Wildman–Crippen LogP) is 3.81. The molecule has 0 aliphatic carbocycles. The number of halogens is 1. The van der Waals surface area contributed by atoms with Crippen LogP contribution in [0.4, 0.5) is 11.4 Å². The highest BCUT2D eigenvalue weighted by atomic mass is 79.9. The largest absolute Gasteiger partial charge is 0.481 e. The minimum absolute atomic E-state index is 0.140. The Bertz CT molecular complexity index is 684. The zero-order chi connectivity index (χ0) is 16.8. The zero-order valence-electron chi connectivity index (χ0n) is 12.8. The number of benzene rings is 2. The summed E-state index contributed by atoms with van der Waals surface area (Å²) in [6, 6.07) is 14.1. The summed E-state index contributed by atoms with van der Waals surface area (Å²) in [5.41, 5.74) is 1.31. The van der Waals surface area contributed by atoms with Crippen LogP contribution in [0.25, 0.3) is 0 Å². The predicted molar refractivity (Wildman–Crippen MR) is 93.6 cm³/mol. The van der Waals surface area contributed by atoms with Crippen molar-refractivity contribution in [2.45, 2.75) is 20.0 Å². The van der Waals surface area contributed by atoms with Gasteiger partial charge in [0.05, 0.1) is 0 Å². The van der Waals surface area contributed by atoms with Crippen LogP contribution in [0.5, 0.6) is 5.75 Å². The quantitative estimate of drug-likeness (QED) is 0.833. The Kier molecular flexibility index (Phi) is 5.76. The van der Waals surface area contributed by atoms with Crippen molar-refractivity contribution < 1.29 is 14.3 Å². The second-order valence-electron chi connectivity index (χ2n) is 4.96. The summed E-state index contributed by atoms with van der Waals surface area (Å²) < 4.78 is 6.54. The summed E-state index contributed by atoms with van der Waals surface area (Å²) in [6.45, 7) is 3.12. The van der Waals surface area contributed by atoms with Crippen LogP contribution in [-0.4, -0.2) is 17.9 Å². The Balaban J connectivity index is 1.92. The van der Waals surface area contributed by atoms with Crippen molar-refractivity contribution >= 4 is 39.1 Å². The number of nitrogens with one attached hydrogen (secondary N) is 2. The normalized spacial score (nSPS) is 11.4. The fourth-order valence-electron chi connectivity index (χ4n) is 1.85. The van der Waals surface area contributed by atoms with E-state index in [4.69, 9.17) is 4.74 Å². The Labute approximate surface area is 143 Å². The van der Waals surface area contributed by atoms with E-state index in [2.05, 4.69) is 26.6 Å². The van der Waals surface area contributed by atoms with Crippen LogP contribution in [0.2, 0.25) is 0 Å². The first-order valence-electron chi connectivity index (χ1n) is 7.05. The average molecular weight is 377 g/mol. The molecule has 0 aliphatic rings. The molecule has 0 unspecified atom stereocenters. The second kappa shape index (κ2) is 7.78. The molecule has 6 heteroatoms. The van der Waals surface area contributed by atoms with Crippen LogP contribution in [0.1, 0.15) is 13.8 Å². The van der Waals surface area contributed by atoms with Crippen molar-refractivity contribution in [1.29, 1.82) is 0 Å². The molecule has 120 valence electrons. The molecule has 23 heavy (non-hydrogen) atoms. The summed E-state index contributed by atoms with van der Waals surface area (Å²) in [5.74, 6) is 0.232. The fourth-order valence-corrected chi connectivity index (χ4v) is 2.12. The summed E-state index contributed by atoms with van der Waals surface area (Å²) in [7, 11) is 0. The van der Waals surface area contributed by atoms with Gasteiger partial charge in [0.25, 0.3) is 5.91 Å². The molecule has 2 N–H and O–H groups in total. The van der Waals surface area contributed by atoms with E-state index in [-0.39, 0.29) is 11.8 Å². The topological polar surface area (TPSA) is 67.4 Å². The van der Waals surface area contributed by atoms with Crippen LogP contribution in [0.15, 0.2) is 53.0 Å². The molecule has 2 aromatic rings. The maximum Gasteiger partial charge on any atom is 0.265 e. The van der Waals surface area contributed by atoms with E-state index in [9.17, 15) is 9.59 Å². The van der Waals surface area contributed by atoms with Gasteiger partial charge in [-0.15, -0.1) is 0 Å². The molecular formula is C17H17BrN2O3. The lowest BCUT2D eigenvalue weighted by atomic mass is 10.2. The summed E-state index contributed by atoms with van der Waals surface area (Å²) >= 11 is 3.34. The van der Waals surface area contributed by atoms with Crippen LogP contribution in [0, 0.1) is 0 Å². The van der Waals surface area contributed by atoms with E-state index >= 15 is 0 Å². The number of carbonyl (C=O) groups is 2. The Morgan fingerprint density at radius 1 is 0.957 bits per heavy atom. The molecule has 0 aliphatic heterocycles. The van der Waals surface area contributed by atoms with Crippen molar-refractivity contribution in [2.75, 3.05) is 10.6 Å². The Morgan fingerprint density at radius 2 is 1.48 bits per heavy atom. The molecule has 0 spiro atoms. The van der Waals surface area contributed by atoms with E-state index in [1.807, 2.05) is 12.1 Å². The van der Waals surface area contributed by atoms with Gasteiger partial charge in [0.15, 0.2) is 6.10 Å². The first-order valence-corrected chi connectivity index (χ1v) is 7.84. The summed E-state index contributed by atoms with van der Waals surface area (Å²) in [4.78, 5) is 23.1. The van der Waals surface area contributed by atoms with Gasteiger partial charge in [-0.05, 0) is 55.5 Å². The van der Waals surface area contributed by atoms with Crippen LogP contribution in [0.3, 0.4) is 0 Å². The number of ether oxygens (including phenoxy) is 1. The van der Waals surface area contributed by atoms with Crippen LogP contribution < -0.4 is 15.4 Å². The van der Waals surface area contributed by atoms with Gasteiger partial charge in [0.2, 0.25) is 5.91 Å². The molecule has 1 atom stereocenters. The Hall–Kier alpha value is -2.34. The maximum atomic E-state index is 12.1. The number of hydrogen-bond donors (Lipinski definition) is 2. The van der Waals surface area contributed by atoms with Gasteiger partial charge in [0.1, 0.15) is 5.75 Å². The monoisotopic (exact) mass is 376 g/mol. The van der Waals surface area contributed by atoms with Crippen molar-refractivity contribution in [3.05, 3.63) is 53.0 Å². The molecule has 2 rings (SSSR count). The van der Waals surface area contributed by atoms with E-state index in [1.54, 1.807) is 43.3 Å². The van der Waals surface area contributed by atoms with E-state index in [1.165, 1.54) is 6.92 Å². The minimum Gasteiger partial charge on any atom is -0.481 e. The highest BCUT2D eigenvalue weighted by Gasteiger charge is 2.14. The fraction of sp³-hybridized carbons (Fsp3) is 0.176. The SMILES string of the molecule is CC(=O)Nc1ccc(NC(=O)[C@H](C)Oc2ccc(Br)cc2)cc1. The lowest BCUT2D eigenvalue weighted by Crippen LogP contribution is -2.30. The molecule has 0 fully saturated rings. The molecule has 2 aromatic carbocycles. The number of rotatable bonds is 5. The van der Waals surface area contributed by atoms with Gasteiger partial charge in [-0.3, -0.25) is 9.59 Å². The molecular weight excluding hydrogens is 360 g/mol. The number of carbonyl (C=O) groups excluding carboxylic acids is 2. The smallest absolute Gasteiger partial charge is 0.265 e. The highest BCUT2D eigenvalue weighted by molar-refractivity contribution is 9.10. The van der Waals surface area contributed by atoms with E-state index in [0.717, 1.165) is 4.47 Å². The van der Waals surface area contributed by atoms with Crippen LogP contribution in [-0.2, 0) is 9.59 Å². The number of hydrogen-bond acceptors (Lipinski definition) is 3. The molecule has 0 bridgehead atoms. The number of amides is 2. The summed E-state index contributed by atoms with van der Waals surface area (Å²) in [6.07, 6.45) is -0.633. The zero-order valence-corrected chi connectivity index (χ0v) is 14.4. The third kappa shape index (κ3) is 5.41. The third-order valence-electron chi connectivity index (χ3n) is 2.97. The molecule has 5 nitrogen and oxygen atoms in total. The summed E-state index contributed by atoms with van der Waals surface area (Å²) in [5, 5.41) is 5.43. The molecule has 0 saturated heterocycles. The molecule has 0 heterocycles. The van der Waals surface area contributed by atoms with E-state index in [0.29, 0.717) is 17.1 Å². The molecule has 0 radical (unpaired) electrons. The van der Waals surface area contributed by atoms with Gasteiger partial charge >= 0.3 is 0 Å². The molecule has 0 aromatic heterocycles. The first kappa shape index (κ1) is 17.0. The van der Waals surface area contributed by atoms with Gasteiger partial charge in [0, 0.05) is 22.8 Å². The lowest BCUT2D eigenvalue weighted by molar-refractivity contribution is -0.122. The maximum absolute atomic E-state index is 12.1. The van der Waals surface area contributed by atoms with Crippen molar-refractivity contribution in [2.24, 2.45) is 0 Å². The van der Waals surface area contributed by atoms with Gasteiger partial charge in [-0.2, -0.15) is 0 Å². The molecule has 2 amide bonds. The van der Waals surface area contributed by atoms with Crippen molar-refractivity contribution in [3.8, 4) is 5.75 Å². The Morgan fingerprint density at radius 3 is 2.00 bits per heavy atom. The van der Waals surface area contributed by atoms with E-state index < -0.39 is 6.10 Å². The average Bonchev–Trinajstić information content (AvgIpc) is 2.51. The second-order valence-corrected chi connectivity index (χ2v) is 5.88. The molecule has 0 saturated carbocycles.